The summed E-state index contributed by atoms with van der Waals surface area (Å²) in [5.74, 6) is 0. The van der Waals surface area contributed by atoms with E-state index in [9.17, 15) is 0 Å². The van der Waals surface area contributed by atoms with Crippen LogP contribution in [0.1, 0.15) is 38.8 Å². The topological polar surface area (TPSA) is 34.0 Å². The summed E-state index contributed by atoms with van der Waals surface area (Å²) in [5, 5.41) is 8.64. The van der Waals surface area contributed by atoms with E-state index in [4.69, 9.17) is 0 Å². The third-order valence-corrected chi connectivity index (χ3v) is 3.84. The molecule has 1 aromatic heterocycles. The number of rotatable bonds is 3. The van der Waals surface area contributed by atoms with Gasteiger partial charge in [0.2, 0.25) is 0 Å². The van der Waals surface area contributed by atoms with E-state index in [1.54, 1.807) is 0 Å². The lowest BCUT2D eigenvalue weighted by atomic mass is 10.1. The van der Waals surface area contributed by atoms with Crippen LogP contribution >= 0.6 is 0 Å². The first-order valence-electron chi connectivity index (χ1n) is 6.94. The molecule has 1 aliphatic rings. The smallest absolute Gasteiger partial charge is 0.113 e. The zero-order chi connectivity index (χ0) is 12.4. The molecule has 1 aromatic carbocycles. The SMILES string of the molecule is CCC(N1CCCCC1)n1nnc2ccccc21. The molecular formula is C14H20N4. The highest BCUT2D eigenvalue weighted by atomic mass is 15.5. The van der Waals surface area contributed by atoms with Gasteiger partial charge in [0.25, 0.3) is 0 Å². The van der Waals surface area contributed by atoms with Crippen molar-refractivity contribution in [3.8, 4) is 0 Å². The van der Waals surface area contributed by atoms with Gasteiger partial charge in [-0.1, -0.05) is 30.7 Å². The Morgan fingerprint density at radius 3 is 2.72 bits per heavy atom. The van der Waals surface area contributed by atoms with Crippen LogP contribution in [0.15, 0.2) is 24.3 Å². The summed E-state index contributed by atoms with van der Waals surface area (Å²) < 4.78 is 2.10. The molecule has 0 radical (unpaired) electrons. The Hall–Kier alpha value is -1.42. The van der Waals surface area contributed by atoms with Crippen LogP contribution < -0.4 is 0 Å². The summed E-state index contributed by atoms with van der Waals surface area (Å²) in [6, 6.07) is 8.22. The Kier molecular flexibility index (Phi) is 3.28. The quantitative estimate of drug-likeness (QED) is 0.832. The highest BCUT2D eigenvalue weighted by Gasteiger charge is 2.22. The number of piperidine rings is 1. The first-order chi connectivity index (χ1) is 8.90. The van der Waals surface area contributed by atoms with Crippen LogP contribution in [-0.4, -0.2) is 33.0 Å². The van der Waals surface area contributed by atoms with E-state index in [0.717, 1.165) is 17.5 Å². The number of nitrogens with zero attached hydrogens (tertiary/aromatic N) is 4. The molecule has 2 heterocycles. The minimum Gasteiger partial charge on any atom is -0.282 e. The highest BCUT2D eigenvalue weighted by molar-refractivity contribution is 5.73. The third-order valence-electron chi connectivity index (χ3n) is 3.84. The Bertz CT molecular complexity index is 513. The zero-order valence-corrected chi connectivity index (χ0v) is 10.9. The predicted molar refractivity (Wildman–Crippen MR) is 72.3 cm³/mol. The van der Waals surface area contributed by atoms with Crippen molar-refractivity contribution in [1.29, 1.82) is 0 Å². The third kappa shape index (κ3) is 2.01. The number of fused-ring (bicyclic) bond motifs is 1. The van der Waals surface area contributed by atoms with Crippen LogP contribution in [0.5, 0.6) is 0 Å². The van der Waals surface area contributed by atoms with Crippen LogP contribution in [-0.2, 0) is 0 Å². The second kappa shape index (κ2) is 5.06. The first-order valence-corrected chi connectivity index (χ1v) is 6.94. The minimum atomic E-state index is 0.359. The fourth-order valence-corrected chi connectivity index (χ4v) is 2.91. The van der Waals surface area contributed by atoms with Crippen molar-refractivity contribution in [2.24, 2.45) is 0 Å². The molecule has 0 saturated carbocycles. The van der Waals surface area contributed by atoms with E-state index in [-0.39, 0.29) is 0 Å². The molecule has 96 valence electrons. The van der Waals surface area contributed by atoms with Crippen molar-refractivity contribution in [2.75, 3.05) is 13.1 Å². The number of hydrogen-bond donors (Lipinski definition) is 0. The molecule has 4 heteroatoms. The van der Waals surface area contributed by atoms with Gasteiger partial charge >= 0.3 is 0 Å². The van der Waals surface area contributed by atoms with E-state index in [1.807, 2.05) is 12.1 Å². The number of benzene rings is 1. The van der Waals surface area contributed by atoms with Crippen molar-refractivity contribution < 1.29 is 0 Å². The number of likely N-dealkylation sites (tertiary alicyclic amines) is 1. The molecule has 3 rings (SSSR count). The monoisotopic (exact) mass is 244 g/mol. The summed E-state index contributed by atoms with van der Waals surface area (Å²) in [6.45, 7) is 4.61. The summed E-state index contributed by atoms with van der Waals surface area (Å²) in [5.41, 5.74) is 2.14. The van der Waals surface area contributed by atoms with E-state index in [2.05, 4.69) is 39.0 Å². The van der Waals surface area contributed by atoms with Gasteiger partial charge in [0.05, 0.1) is 5.52 Å². The Morgan fingerprint density at radius 1 is 1.17 bits per heavy atom. The summed E-state index contributed by atoms with van der Waals surface area (Å²) in [6.07, 6.45) is 5.42. The van der Waals surface area contributed by atoms with Gasteiger partial charge in [-0.05, 0) is 31.4 Å². The van der Waals surface area contributed by atoms with Crippen molar-refractivity contribution in [2.45, 2.75) is 38.8 Å². The predicted octanol–water partition coefficient (Wildman–Crippen LogP) is 2.83. The Labute approximate surface area is 108 Å². The normalized spacial score (nSPS) is 19.2. The van der Waals surface area contributed by atoms with Gasteiger partial charge in [-0.15, -0.1) is 5.10 Å². The first kappa shape index (κ1) is 11.7. The van der Waals surface area contributed by atoms with Gasteiger partial charge in [-0.25, -0.2) is 4.68 Å². The van der Waals surface area contributed by atoms with E-state index >= 15 is 0 Å². The van der Waals surface area contributed by atoms with Gasteiger partial charge in [-0.2, -0.15) is 0 Å². The second-order valence-corrected chi connectivity index (χ2v) is 5.01. The highest BCUT2D eigenvalue weighted by Crippen LogP contribution is 2.24. The molecule has 0 spiro atoms. The summed E-state index contributed by atoms with van der Waals surface area (Å²) in [7, 11) is 0. The number of para-hydroxylation sites is 1. The zero-order valence-electron chi connectivity index (χ0n) is 10.9. The molecule has 0 bridgehead atoms. The van der Waals surface area contributed by atoms with Gasteiger partial charge in [0, 0.05) is 13.1 Å². The van der Waals surface area contributed by atoms with Crippen molar-refractivity contribution in [1.82, 2.24) is 19.9 Å². The Morgan fingerprint density at radius 2 is 1.94 bits per heavy atom. The fraction of sp³-hybridized carbons (Fsp3) is 0.571. The van der Waals surface area contributed by atoms with E-state index in [1.165, 1.54) is 32.4 Å². The molecule has 18 heavy (non-hydrogen) atoms. The van der Waals surface area contributed by atoms with Crippen LogP contribution in [0.3, 0.4) is 0 Å². The summed E-state index contributed by atoms with van der Waals surface area (Å²) >= 11 is 0. The number of hydrogen-bond acceptors (Lipinski definition) is 3. The van der Waals surface area contributed by atoms with Crippen LogP contribution in [0.2, 0.25) is 0 Å². The maximum absolute atomic E-state index is 4.37. The molecule has 1 aliphatic heterocycles. The van der Waals surface area contributed by atoms with Crippen molar-refractivity contribution in [3.63, 3.8) is 0 Å². The molecule has 1 saturated heterocycles. The Balaban J connectivity index is 1.95. The van der Waals surface area contributed by atoms with Crippen molar-refractivity contribution >= 4 is 11.0 Å². The summed E-state index contributed by atoms with van der Waals surface area (Å²) in [4.78, 5) is 2.55. The molecule has 2 aromatic rings. The van der Waals surface area contributed by atoms with Gasteiger partial charge in [-0.3, -0.25) is 4.90 Å². The van der Waals surface area contributed by atoms with Gasteiger partial charge < -0.3 is 0 Å². The molecule has 1 unspecified atom stereocenters. The lowest BCUT2D eigenvalue weighted by molar-refractivity contribution is 0.101. The largest absolute Gasteiger partial charge is 0.282 e. The van der Waals surface area contributed by atoms with E-state index < -0.39 is 0 Å². The maximum Gasteiger partial charge on any atom is 0.113 e. The minimum absolute atomic E-state index is 0.359. The average molecular weight is 244 g/mol. The second-order valence-electron chi connectivity index (χ2n) is 5.01. The van der Waals surface area contributed by atoms with Crippen molar-refractivity contribution in [3.05, 3.63) is 24.3 Å². The van der Waals surface area contributed by atoms with Crippen LogP contribution in [0, 0.1) is 0 Å². The van der Waals surface area contributed by atoms with Crippen LogP contribution in [0.25, 0.3) is 11.0 Å². The lowest BCUT2D eigenvalue weighted by Gasteiger charge is -2.33. The molecule has 0 amide bonds. The standard InChI is InChI=1S/C14H20N4/c1-2-14(17-10-6-3-7-11-17)18-13-9-5-4-8-12(13)15-16-18/h4-5,8-9,14H,2-3,6-7,10-11H2,1H3. The lowest BCUT2D eigenvalue weighted by Crippen LogP contribution is -2.37. The fourth-order valence-electron chi connectivity index (χ4n) is 2.91. The molecule has 1 fully saturated rings. The van der Waals surface area contributed by atoms with Gasteiger partial charge in [0.15, 0.2) is 0 Å². The molecule has 4 nitrogen and oxygen atoms in total. The average Bonchev–Trinajstić information content (AvgIpc) is 2.85. The molecule has 1 atom stereocenters. The van der Waals surface area contributed by atoms with Gasteiger partial charge in [0.1, 0.15) is 11.7 Å². The van der Waals surface area contributed by atoms with E-state index in [0.29, 0.717) is 6.17 Å². The molecular weight excluding hydrogens is 224 g/mol. The van der Waals surface area contributed by atoms with Crippen LogP contribution in [0.4, 0.5) is 0 Å². The maximum atomic E-state index is 4.37. The molecule has 0 aliphatic carbocycles. The number of aromatic nitrogens is 3. The molecule has 0 N–H and O–H groups in total.